The molecule has 48 heavy (non-hydrogen) atoms. The van der Waals surface area contributed by atoms with Crippen LogP contribution in [0.5, 0.6) is 5.75 Å². The van der Waals surface area contributed by atoms with Crippen LogP contribution in [0.4, 0.5) is 9.59 Å². The Morgan fingerprint density at radius 1 is 1.02 bits per heavy atom. The van der Waals surface area contributed by atoms with Crippen molar-refractivity contribution >= 4 is 29.0 Å². The van der Waals surface area contributed by atoms with Gasteiger partial charge in [-0.05, 0) is 78.0 Å². The van der Waals surface area contributed by atoms with E-state index in [0.717, 1.165) is 42.1 Å². The standard InChI is InChI=1S/C37H52N4O7/c1-27(2)41(30-17-13-20-39(25-30)36(44)48-37(3,4)5)34(42)31-24-29-16-12-18-32(33(29)40(31)21-10-11-22-45-6)46-23-19-38-35(43)47-26-28-14-8-7-9-15-28/h7-9,12,14-16,18,24,27,30H,10-11,13,17,19-23,25-26H2,1-6H3,(H,38,43)/t30-/m1/s1. The van der Waals surface area contributed by atoms with E-state index in [0.29, 0.717) is 37.7 Å². The zero-order valence-electron chi connectivity index (χ0n) is 29.3. The van der Waals surface area contributed by atoms with Crippen molar-refractivity contribution < 1.29 is 33.3 Å². The van der Waals surface area contributed by atoms with Gasteiger partial charge in [0.1, 0.15) is 30.3 Å². The average Bonchev–Trinajstić information content (AvgIpc) is 3.43. The van der Waals surface area contributed by atoms with Gasteiger partial charge in [-0.2, -0.15) is 0 Å². The Labute approximate surface area is 284 Å². The topological polar surface area (TPSA) is 112 Å². The van der Waals surface area contributed by atoms with Crippen molar-refractivity contribution in [3.05, 3.63) is 65.9 Å². The fourth-order valence-corrected chi connectivity index (χ4v) is 6.05. The molecule has 0 radical (unpaired) electrons. The first kappa shape index (κ1) is 36.6. The van der Waals surface area contributed by atoms with Gasteiger partial charge in [-0.3, -0.25) is 4.79 Å². The number of nitrogens with one attached hydrogen (secondary N) is 1. The number of rotatable bonds is 14. The fourth-order valence-electron chi connectivity index (χ4n) is 6.05. The molecule has 1 aliphatic rings. The van der Waals surface area contributed by atoms with Crippen LogP contribution in [0.25, 0.3) is 10.9 Å². The third-order valence-corrected chi connectivity index (χ3v) is 8.16. The first-order valence-electron chi connectivity index (χ1n) is 17.0. The molecule has 11 nitrogen and oxygen atoms in total. The van der Waals surface area contributed by atoms with Gasteiger partial charge < -0.3 is 38.6 Å². The summed E-state index contributed by atoms with van der Waals surface area (Å²) in [4.78, 5) is 43.4. The summed E-state index contributed by atoms with van der Waals surface area (Å²) < 4.78 is 24.5. The van der Waals surface area contributed by atoms with Gasteiger partial charge in [0, 0.05) is 44.8 Å². The van der Waals surface area contributed by atoms with E-state index in [2.05, 4.69) is 5.32 Å². The average molecular weight is 665 g/mol. The second kappa shape index (κ2) is 17.2. The highest BCUT2D eigenvalue weighted by Crippen LogP contribution is 2.32. The molecule has 1 atom stereocenters. The number of hydrogen-bond acceptors (Lipinski definition) is 7. The highest BCUT2D eigenvalue weighted by Gasteiger charge is 2.35. The molecule has 0 bridgehead atoms. The van der Waals surface area contributed by atoms with Crippen molar-refractivity contribution in [1.82, 2.24) is 19.7 Å². The monoisotopic (exact) mass is 664 g/mol. The van der Waals surface area contributed by atoms with E-state index in [4.69, 9.17) is 18.9 Å². The molecule has 0 saturated carbocycles. The number of fused-ring (bicyclic) bond motifs is 1. The summed E-state index contributed by atoms with van der Waals surface area (Å²) >= 11 is 0. The number of alkyl carbamates (subject to hydrolysis) is 1. The van der Waals surface area contributed by atoms with E-state index >= 15 is 0 Å². The molecule has 1 fully saturated rings. The second-order valence-electron chi connectivity index (χ2n) is 13.4. The number of ether oxygens (including phenoxy) is 4. The number of likely N-dealkylation sites (tertiary alicyclic amines) is 1. The number of hydrogen-bond donors (Lipinski definition) is 1. The maximum absolute atomic E-state index is 14.5. The number of aromatic nitrogens is 1. The molecular weight excluding hydrogens is 612 g/mol. The predicted octanol–water partition coefficient (Wildman–Crippen LogP) is 6.62. The van der Waals surface area contributed by atoms with Crippen LogP contribution in [0.1, 0.15) is 76.4 Å². The van der Waals surface area contributed by atoms with Crippen molar-refractivity contribution in [2.45, 2.75) is 91.1 Å². The highest BCUT2D eigenvalue weighted by atomic mass is 16.6. The Hall–Kier alpha value is -4.25. The molecule has 0 unspecified atom stereocenters. The molecule has 2 aromatic carbocycles. The Morgan fingerprint density at radius 3 is 2.50 bits per heavy atom. The van der Waals surface area contributed by atoms with Gasteiger partial charge in [-0.15, -0.1) is 0 Å². The summed E-state index contributed by atoms with van der Waals surface area (Å²) in [5.74, 6) is 0.542. The van der Waals surface area contributed by atoms with Gasteiger partial charge in [-0.1, -0.05) is 42.5 Å². The predicted molar refractivity (Wildman–Crippen MR) is 185 cm³/mol. The number of carbonyl (C=O) groups excluding carboxylic acids is 3. The minimum absolute atomic E-state index is 0.0854. The first-order chi connectivity index (χ1) is 23.0. The quantitative estimate of drug-likeness (QED) is 0.193. The molecule has 1 aromatic heterocycles. The number of aryl methyl sites for hydroxylation is 1. The summed E-state index contributed by atoms with van der Waals surface area (Å²) in [7, 11) is 1.68. The lowest BCUT2D eigenvalue weighted by Gasteiger charge is -2.41. The molecule has 0 spiro atoms. The van der Waals surface area contributed by atoms with Gasteiger partial charge in [0.25, 0.3) is 5.91 Å². The zero-order chi connectivity index (χ0) is 34.7. The fraction of sp³-hybridized carbons (Fsp3) is 0.541. The largest absolute Gasteiger partial charge is 0.490 e. The van der Waals surface area contributed by atoms with E-state index < -0.39 is 11.7 Å². The second-order valence-corrected chi connectivity index (χ2v) is 13.4. The Bertz CT molecular complexity index is 1500. The molecule has 3 amide bonds. The normalized spacial score (nSPS) is 15.0. The van der Waals surface area contributed by atoms with Gasteiger partial charge in [0.2, 0.25) is 0 Å². The van der Waals surface area contributed by atoms with E-state index in [9.17, 15) is 14.4 Å². The summed E-state index contributed by atoms with van der Waals surface area (Å²) in [6.45, 7) is 12.5. The lowest BCUT2D eigenvalue weighted by atomic mass is 10.0. The van der Waals surface area contributed by atoms with Crippen LogP contribution < -0.4 is 10.1 Å². The van der Waals surface area contributed by atoms with Crippen LogP contribution in [-0.4, -0.2) is 90.1 Å². The lowest BCUT2D eigenvalue weighted by molar-refractivity contribution is 0.00733. The summed E-state index contributed by atoms with van der Waals surface area (Å²) in [5, 5.41) is 3.63. The molecule has 4 rings (SSSR count). The van der Waals surface area contributed by atoms with Crippen molar-refractivity contribution in [3.8, 4) is 5.75 Å². The minimum atomic E-state index is -0.594. The van der Waals surface area contributed by atoms with Crippen molar-refractivity contribution in [3.63, 3.8) is 0 Å². The summed E-state index contributed by atoms with van der Waals surface area (Å²) in [5.41, 5.74) is 1.71. The van der Waals surface area contributed by atoms with E-state index in [1.165, 1.54) is 0 Å². The maximum Gasteiger partial charge on any atom is 0.410 e. The van der Waals surface area contributed by atoms with Gasteiger partial charge in [0.15, 0.2) is 0 Å². The number of carbonyl (C=O) groups is 3. The molecule has 11 heteroatoms. The summed E-state index contributed by atoms with van der Waals surface area (Å²) in [6, 6.07) is 17.0. The third-order valence-electron chi connectivity index (χ3n) is 8.16. The van der Waals surface area contributed by atoms with E-state index in [-0.39, 0.29) is 43.8 Å². The zero-order valence-corrected chi connectivity index (χ0v) is 29.3. The molecule has 3 aromatic rings. The third kappa shape index (κ3) is 10.1. The number of amides is 3. The molecule has 1 saturated heterocycles. The Morgan fingerprint density at radius 2 is 1.79 bits per heavy atom. The smallest absolute Gasteiger partial charge is 0.410 e. The Kier molecular flexibility index (Phi) is 13.1. The number of methoxy groups -OCH3 is 1. The number of unbranched alkanes of at least 4 members (excludes halogenated alkanes) is 1. The van der Waals surface area contributed by atoms with Gasteiger partial charge in [0.05, 0.1) is 18.1 Å². The molecule has 0 aliphatic carbocycles. The van der Waals surface area contributed by atoms with Gasteiger partial charge >= 0.3 is 12.2 Å². The first-order valence-corrected chi connectivity index (χ1v) is 17.0. The van der Waals surface area contributed by atoms with Crippen LogP contribution in [0.15, 0.2) is 54.6 Å². The van der Waals surface area contributed by atoms with E-state index in [1.807, 2.05) is 98.7 Å². The maximum atomic E-state index is 14.5. The lowest BCUT2D eigenvalue weighted by Crippen LogP contribution is -2.54. The Balaban J connectivity index is 1.52. The summed E-state index contributed by atoms with van der Waals surface area (Å²) in [6.07, 6.45) is 2.36. The van der Waals surface area contributed by atoms with Crippen molar-refractivity contribution in [2.75, 3.05) is 40.0 Å². The highest BCUT2D eigenvalue weighted by molar-refractivity contribution is 6.00. The molecule has 1 N–H and O–H groups in total. The molecule has 2 heterocycles. The number of benzene rings is 2. The van der Waals surface area contributed by atoms with Crippen LogP contribution in [-0.2, 0) is 27.4 Å². The van der Waals surface area contributed by atoms with Crippen LogP contribution in [0, 0.1) is 0 Å². The van der Waals surface area contributed by atoms with Crippen molar-refractivity contribution in [2.24, 2.45) is 0 Å². The molecule has 262 valence electrons. The number of piperidine rings is 1. The van der Waals surface area contributed by atoms with Crippen LogP contribution in [0.2, 0.25) is 0 Å². The van der Waals surface area contributed by atoms with Gasteiger partial charge in [-0.25, -0.2) is 9.59 Å². The van der Waals surface area contributed by atoms with E-state index in [1.54, 1.807) is 12.0 Å². The van der Waals surface area contributed by atoms with Crippen LogP contribution in [0.3, 0.4) is 0 Å². The number of nitrogens with zero attached hydrogens (tertiary/aromatic N) is 3. The SMILES string of the molecule is COCCCCn1c(C(=O)N(C(C)C)[C@@H]2CCCN(C(=O)OC(C)(C)C)C2)cc2cccc(OCCNC(=O)OCc3ccccc3)c21. The molecular formula is C37H52N4O7. The van der Waals surface area contributed by atoms with Crippen LogP contribution >= 0.6 is 0 Å². The van der Waals surface area contributed by atoms with Crippen molar-refractivity contribution in [1.29, 1.82) is 0 Å². The molecule has 1 aliphatic heterocycles. The number of para-hydroxylation sites is 1. The minimum Gasteiger partial charge on any atom is -0.490 e.